The molecule has 1 heterocycles. The first kappa shape index (κ1) is 28.2. The molecule has 0 aromatic carbocycles. The second-order valence-electron chi connectivity index (χ2n) is 9.70. The summed E-state index contributed by atoms with van der Waals surface area (Å²) in [5.74, 6) is 11.1. The Morgan fingerprint density at radius 1 is 1.19 bits per heavy atom. The third-order valence-electron chi connectivity index (χ3n) is 6.00. The van der Waals surface area contributed by atoms with Gasteiger partial charge in [-0.3, -0.25) is 4.79 Å². The summed E-state index contributed by atoms with van der Waals surface area (Å²) in [6.07, 6.45) is -0.391. The summed E-state index contributed by atoms with van der Waals surface area (Å²) in [5, 5.41) is 10.5. The number of carbonyl (C=O) groups is 1. The van der Waals surface area contributed by atoms with Gasteiger partial charge in [0.05, 0.1) is 13.0 Å². The molecule has 1 aliphatic rings. The van der Waals surface area contributed by atoms with E-state index in [1.807, 2.05) is 0 Å². The molecule has 6 heteroatoms. The first-order chi connectivity index (χ1) is 14.8. The topological polar surface area (TPSA) is 68.3 Å². The standard InChI is InChI=1S/C26H40O5Si/c1-10-12-14-16-22(27)30-21(18-29-32(8,9)26(5,6)7)17-20(4)24-25(31-24)23(28)19(3)15-13-11-2/h21,23-25,28H,3-4,14-18H2,1-2,5-9H3/t21-,23-,24+,25+/m0/s1. The van der Waals surface area contributed by atoms with E-state index in [1.54, 1.807) is 13.8 Å². The second-order valence-corrected chi connectivity index (χ2v) is 14.5. The maximum Gasteiger partial charge on any atom is 0.307 e. The van der Waals surface area contributed by atoms with E-state index in [-0.39, 0.29) is 29.6 Å². The minimum absolute atomic E-state index is 0.0475. The van der Waals surface area contributed by atoms with Gasteiger partial charge in [-0.05, 0) is 43.1 Å². The van der Waals surface area contributed by atoms with Crippen LogP contribution in [-0.2, 0) is 18.7 Å². The molecular weight excluding hydrogens is 420 g/mol. The van der Waals surface area contributed by atoms with Crippen LogP contribution < -0.4 is 0 Å². The van der Waals surface area contributed by atoms with Crippen LogP contribution in [0.25, 0.3) is 0 Å². The summed E-state index contributed by atoms with van der Waals surface area (Å²) in [5.41, 5.74) is 1.40. The summed E-state index contributed by atoms with van der Waals surface area (Å²) in [4.78, 5) is 12.3. The molecule has 0 aromatic heterocycles. The largest absolute Gasteiger partial charge is 0.460 e. The van der Waals surface area contributed by atoms with E-state index in [0.29, 0.717) is 31.4 Å². The highest BCUT2D eigenvalue weighted by atomic mass is 28.4. The molecule has 178 valence electrons. The van der Waals surface area contributed by atoms with Crippen molar-refractivity contribution in [2.45, 2.75) is 103 Å². The summed E-state index contributed by atoms with van der Waals surface area (Å²) in [6.45, 7) is 22.7. The summed E-state index contributed by atoms with van der Waals surface area (Å²) in [6, 6.07) is 0. The molecule has 0 aromatic rings. The van der Waals surface area contributed by atoms with Crippen LogP contribution in [0, 0.1) is 23.7 Å². The Labute approximate surface area is 195 Å². The number of ether oxygens (including phenoxy) is 2. The average Bonchev–Trinajstić information content (AvgIpc) is 3.50. The second kappa shape index (κ2) is 12.4. The minimum Gasteiger partial charge on any atom is -0.460 e. The Hall–Kier alpha value is -1.83. The lowest BCUT2D eigenvalue weighted by molar-refractivity contribution is -0.150. The van der Waals surface area contributed by atoms with Crippen LogP contribution in [0.1, 0.15) is 60.3 Å². The predicted octanol–water partition coefficient (Wildman–Crippen LogP) is 4.77. The van der Waals surface area contributed by atoms with Crippen molar-refractivity contribution in [3.05, 3.63) is 24.3 Å². The maximum atomic E-state index is 12.3. The first-order valence-corrected chi connectivity index (χ1v) is 14.1. The van der Waals surface area contributed by atoms with E-state index >= 15 is 0 Å². The Bertz CT molecular complexity index is 800. The van der Waals surface area contributed by atoms with E-state index in [4.69, 9.17) is 13.9 Å². The van der Waals surface area contributed by atoms with Crippen molar-refractivity contribution in [3.63, 3.8) is 0 Å². The molecule has 1 rings (SSSR count). The lowest BCUT2D eigenvalue weighted by atomic mass is 9.98. The molecule has 0 amide bonds. The van der Waals surface area contributed by atoms with Gasteiger partial charge in [0, 0.05) is 19.3 Å². The van der Waals surface area contributed by atoms with E-state index in [9.17, 15) is 9.90 Å². The van der Waals surface area contributed by atoms with E-state index < -0.39 is 20.5 Å². The van der Waals surface area contributed by atoms with E-state index in [1.165, 1.54) is 0 Å². The van der Waals surface area contributed by atoms with Gasteiger partial charge < -0.3 is 19.0 Å². The van der Waals surface area contributed by atoms with Crippen molar-refractivity contribution in [1.82, 2.24) is 0 Å². The van der Waals surface area contributed by atoms with Crippen molar-refractivity contribution in [1.29, 1.82) is 0 Å². The number of carbonyl (C=O) groups excluding carboxylic acids is 1. The normalized spacial score (nSPS) is 19.5. The fourth-order valence-electron chi connectivity index (χ4n) is 2.83. The number of rotatable bonds is 12. The molecule has 5 nitrogen and oxygen atoms in total. The highest BCUT2D eigenvalue weighted by molar-refractivity contribution is 6.74. The van der Waals surface area contributed by atoms with Gasteiger partial charge in [-0.15, -0.1) is 17.8 Å². The molecule has 0 spiro atoms. The van der Waals surface area contributed by atoms with Gasteiger partial charge in [0.25, 0.3) is 0 Å². The fraction of sp³-hybridized carbons (Fsp3) is 0.654. The molecule has 0 aliphatic carbocycles. The summed E-state index contributed by atoms with van der Waals surface area (Å²) < 4.78 is 17.7. The molecule has 0 saturated carbocycles. The fourth-order valence-corrected chi connectivity index (χ4v) is 3.86. The van der Waals surface area contributed by atoms with Crippen LogP contribution in [0.15, 0.2) is 24.3 Å². The van der Waals surface area contributed by atoms with Gasteiger partial charge in [-0.25, -0.2) is 0 Å². The van der Waals surface area contributed by atoms with Crippen LogP contribution in [0.2, 0.25) is 18.1 Å². The number of epoxide rings is 1. The molecule has 0 unspecified atom stereocenters. The van der Waals surface area contributed by atoms with Crippen molar-refractivity contribution >= 4 is 14.3 Å². The van der Waals surface area contributed by atoms with Gasteiger partial charge in [-0.1, -0.05) is 39.8 Å². The van der Waals surface area contributed by atoms with Crippen LogP contribution in [0.3, 0.4) is 0 Å². The zero-order valence-electron chi connectivity index (χ0n) is 20.8. The van der Waals surface area contributed by atoms with Gasteiger partial charge in [0.15, 0.2) is 8.32 Å². The average molecular weight is 461 g/mol. The molecule has 0 bridgehead atoms. The highest BCUT2D eigenvalue weighted by Crippen LogP contribution is 2.38. The Balaban J connectivity index is 2.76. The van der Waals surface area contributed by atoms with Crippen molar-refractivity contribution in [2.75, 3.05) is 6.61 Å². The zero-order valence-corrected chi connectivity index (χ0v) is 21.8. The number of aliphatic hydroxyl groups is 1. The van der Waals surface area contributed by atoms with Crippen molar-refractivity contribution in [2.24, 2.45) is 0 Å². The van der Waals surface area contributed by atoms with Crippen LogP contribution in [-0.4, -0.2) is 50.4 Å². The molecule has 1 fully saturated rings. The monoisotopic (exact) mass is 460 g/mol. The molecule has 1 saturated heterocycles. The smallest absolute Gasteiger partial charge is 0.307 e. The van der Waals surface area contributed by atoms with E-state index in [0.717, 1.165) is 5.57 Å². The van der Waals surface area contributed by atoms with Crippen molar-refractivity contribution < 1.29 is 23.8 Å². The number of esters is 1. The van der Waals surface area contributed by atoms with Gasteiger partial charge in [-0.2, -0.15) is 0 Å². The van der Waals surface area contributed by atoms with Gasteiger partial charge >= 0.3 is 5.97 Å². The lowest BCUT2D eigenvalue weighted by Crippen LogP contribution is -2.43. The highest BCUT2D eigenvalue weighted by Gasteiger charge is 2.47. The van der Waals surface area contributed by atoms with E-state index in [2.05, 4.69) is 70.7 Å². The third-order valence-corrected chi connectivity index (χ3v) is 10.5. The molecule has 1 aliphatic heterocycles. The SMILES string of the molecule is C=C(C[C@@H](CO[Si](C)(C)C(C)(C)C)OC(=O)CCC#CC)[C@H]1O[C@@H]1[C@@H](O)C(=C)CC#CC. The summed E-state index contributed by atoms with van der Waals surface area (Å²) in [7, 11) is -2.01. The Morgan fingerprint density at radius 3 is 2.38 bits per heavy atom. The van der Waals surface area contributed by atoms with Gasteiger partial charge in [0.2, 0.25) is 0 Å². The summed E-state index contributed by atoms with van der Waals surface area (Å²) >= 11 is 0. The number of aliphatic hydroxyl groups excluding tert-OH is 1. The zero-order chi connectivity index (χ0) is 24.5. The minimum atomic E-state index is -2.01. The number of hydrogen-bond donors (Lipinski definition) is 1. The van der Waals surface area contributed by atoms with Crippen LogP contribution >= 0.6 is 0 Å². The first-order valence-electron chi connectivity index (χ1n) is 11.2. The molecule has 32 heavy (non-hydrogen) atoms. The van der Waals surface area contributed by atoms with Crippen LogP contribution in [0.5, 0.6) is 0 Å². The Morgan fingerprint density at radius 2 is 1.81 bits per heavy atom. The quantitative estimate of drug-likeness (QED) is 0.149. The van der Waals surface area contributed by atoms with Crippen molar-refractivity contribution in [3.8, 4) is 23.7 Å². The molecule has 1 N–H and O–H groups in total. The molecule has 0 radical (unpaired) electrons. The van der Waals surface area contributed by atoms with Crippen LogP contribution in [0.4, 0.5) is 0 Å². The molecule has 4 atom stereocenters. The lowest BCUT2D eigenvalue weighted by Gasteiger charge is -2.37. The maximum absolute atomic E-state index is 12.3. The number of hydrogen-bond acceptors (Lipinski definition) is 5. The van der Waals surface area contributed by atoms with Gasteiger partial charge in [0.1, 0.15) is 24.4 Å². The Kier molecular flexibility index (Phi) is 10.9. The molecular formula is C26H40O5Si. The predicted molar refractivity (Wildman–Crippen MR) is 131 cm³/mol. The third kappa shape index (κ3) is 8.96.